The van der Waals surface area contributed by atoms with E-state index in [1.54, 1.807) is 17.0 Å². The van der Waals surface area contributed by atoms with Crippen LogP contribution in [0.3, 0.4) is 0 Å². The molecule has 158 valence electrons. The molecule has 1 saturated carbocycles. The molecule has 1 aliphatic carbocycles. The number of amides is 1. The van der Waals surface area contributed by atoms with Gasteiger partial charge in [0.15, 0.2) is 0 Å². The molecule has 3 aliphatic rings. The molecule has 6 nitrogen and oxygen atoms in total. The highest BCUT2D eigenvalue weighted by Gasteiger charge is 2.57. The van der Waals surface area contributed by atoms with E-state index in [-0.39, 0.29) is 11.7 Å². The Hall–Kier alpha value is -3.06. The fraction of sp³-hybridized carbons (Fsp3) is 0.375. The Morgan fingerprint density at radius 3 is 2.74 bits per heavy atom. The minimum Gasteiger partial charge on any atom is -0.316 e. The van der Waals surface area contributed by atoms with Crippen molar-refractivity contribution < 1.29 is 9.18 Å². The first-order valence-electron chi connectivity index (χ1n) is 10.9. The Bertz CT molecular complexity index is 1240. The predicted molar refractivity (Wildman–Crippen MR) is 117 cm³/mol. The highest BCUT2D eigenvalue weighted by Crippen LogP contribution is 2.46. The number of fused-ring (bicyclic) bond motifs is 1. The fourth-order valence-electron chi connectivity index (χ4n) is 4.83. The van der Waals surface area contributed by atoms with E-state index in [2.05, 4.69) is 10.4 Å². The summed E-state index contributed by atoms with van der Waals surface area (Å²) in [4.78, 5) is 19.5. The molecule has 1 atom stereocenters. The van der Waals surface area contributed by atoms with Gasteiger partial charge in [0, 0.05) is 19.0 Å². The van der Waals surface area contributed by atoms with Gasteiger partial charge in [-0.2, -0.15) is 5.10 Å². The molecule has 3 heterocycles. The Kier molecular flexibility index (Phi) is 4.05. The summed E-state index contributed by atoms with van der Waals surface area (Å²) in [7, 11) is 1.90. The zero-order valence-corrected chi connectivity index (χ0v) is 17.4. The van der Waals surface area contributed by atoms with Crippen molar-refractivity contribution in [3.63, 3.8) is 0 Å². The third-order valence-corrected chi connectivity index (χ3v) is 6.84. The second kappa shape index (κ2) is 6.72. The summed E-state index contributed by atoms with van der Waals surface area (Å²) in [5.74, 6) is 0.584. The molecule has 1 spiro atoms. The Morgan fingerprint density at radius 2 is 2.00 bits per heavy atom. The Morgan fingerprint density at radius 1 is 1.19 bits per heavy atom. The zero-order chi connectivity index (χ0) is 21.2. The third-order valence-electron chi connectivity index (χ3n) is 6.84. The molecule has 2 fully saturated rings. The predicted octanol–water partition coefficient (Wildman–Crippen LogP) is 3.11. The lowest BCUT2D eigenvalue weighted by Crippen LogP contribution is -2.40. The number of aryl methyl sites for hydroxylation is 1. The molecule has 7 heteroatoms. The van der Waals surface area contributed by atoms with Crippen LogP contribution >= 0.6 is 0 Å². The molecule has 1 aromatic heterocycles. The van der Waals surface area contributed by atoms with Crippen LogP contribution in [0, 0.1) is 11.7 Å². The van der Waals surface area contributed by atoms with E-state index in [0.717, 1.165) is 54.4 Å². The van der Waals surface area contributed by atoms with Crippen molar-refractivity contribution in [1.82, 2.24) is 20.0 Å². The van der Waals surface area contributed by atoms with Crippen LogP contribution in [0.4, 0.5) is 4.39 Å². The summed E-state index contributed by atoms with van der Waals surface area (Å²) in [5, 5.41) is 8.64. The van der Waals surface area contributed by atoms with E-state index in [1.807, 2.05) is 42.2 Å². The van der Waals surface area contributed by atoms with Gasteiger partial charge in [-0.3, -0.25) is 19.4 Å². The van der Waals surface area contributed by atoms with Gasteiger partial charge in [0.1, 0.15) is 17.2 Å². The summed E-state index contributed by atoms with van der Waals surface area (Å²) >= 11 is 0. The number of hydrogen-bond acceptors (Lipinski definition) is 4. The second-order valence-corrected chi connectivity index (χ2v) is 8.98. The number of aliphatic imine (C=N–C) groups is 1. The zero-order valence-electron chi connectivity index (χ0n) is 17.4. The molecule has 1 unspecified atom stereocenters. The van der Waals surface area contributed by atoms with Crippen LogP contribution in [0.15, 0.2) is 47.6 Å². The normalized spacial score (nSPS) is 22.0. The number of nitrogens with zero attached hydrogens (tertiary/aromatic N) is 4. The number of benzene rings is 2. The van der Waals surface area contributed by atoms with Crippen LogP contribution in [-0.4, -0.2) is 51.6 Å². The van der Waals surface area contributed by atoms with Gasteiger partial charge in [-0.15, -0.1) is 0 Å². The van der Waals surface area contributed by atoms with Gasteiger partial charge in [0.25, 0.3) is 5.91 Å². The van der Waals surface area contributed by atoms with E-state index < -0.39 is 5.54 Å². The van der Waals surface area contributed by atoms with Crippen LogP contribution in [0.25, 0.3) is 22.0 Å². The molecule has 1 amide bonds. The van der Waals surface area contributed by atoms with E-state index in [4.69, 9.17) is 4.99 Å². The van der Waals surface area contributed by atoms with Crippen molar-refractivity contribution in [2.75, 3.05) is 19.6 Å². The van der Waals surface area contributed by atoms with Gasteiger partial charge in [-0.25, -0.2) is 4.39 Å². The molecule has 1 saturated heterocycles. The number of amidine groups is 1. The van der Waals surface area contributed by atoms with Gasteiger partial charge < -0.3 is 5.32 Å². The molecule has 3 aromatic rings. The van der Waals surface area contributed by atoms with Gasteiger partial charge in [-0.05, 0) is 73.7 Å². The standard InChI is InChI=1S/C24H24FN5O/c1-29-21-5-3-16(10-18(21)13-27-29)17-2-4-19(20(25)11-17)22-28-24(7-8-24)23(31)30(22)14-15-6-9-26-12-15/h2-5,10-11,13,15,26H,6-9,12,14H2,1H3. The molecule has 2 aromatic carbocycles. The maximum Gasteiger partial charge on any atom is 0.256 e. The molecule has 31 heavy (non-hydrogen) atoms. The summed E-state index contributed by atoms with van der Waals surface area (Å²) in [6.45, 7) is 2.46. The minimum absolute atomic E-state index is 0.0416. The molecular formula is C24H24FN5O. The van der Waals surface area contributed by atoms with Crippen LogP contribution < -0.4 is 5.32 Å². The van der Waals surface area contributed by atoms with Crippen molar-refractivity contribution in [3.05, 3.63) is 54.0 Å². The number of nitrogens with one attached hydrogen (secondary N) is 1. The highest BCUT2D eigenvalue weighted by molar-refractivity contribution is 6.16. The Labute approximate surface area is 179 Å². The van der Waals surface area contributed by atoms with E-state index in [1.165, 1.54) is 0 Å². The Balaban J connectivity index is 1.35. The lowest BCUT2D eigenvalue weighted by atomic mass is 10.0. The largest absolute Gasteiger partial charge is 0.316 e. The molecule has 0 radical (unpaired) electrons. The average Bonchev–Trinajstić information content (AvgIpc) is 3.08. The summed E-state index contributed by atoms with van der Waals surface area (Å²) in [5.41, 5.74) is 2.55. The van der Waals surface area contributed by atoms with E-state index in [0.29, 0.717) is 23.9 Å². The SMILES string of the molecule is Cn1ncc2cc(-c3ccc(C4=NC5(CC5)C(=O)N4CC4CCNC4)c(F)c3)ccc21. The van der Waals surface area contributed by atoms with Crippen LogP contribution in [0.1, 0.15) is 24.8 Å². The van der Waals surface area contributed by atoms with Crippen LogP contribution in [-0.2, 0) is 11.8 Å². The average molecular weight is 417 g/mol. The molecule has 0 bridgehead atoms. The highest BCUT2D eigenvalue weighted by atomic mass is 19.1. The maximum absolute atomic E-state index is 15.3. The quantitative estimate of drug-likeness (QED) is 0.710. The first kappa shape index (κ1) is 18.7. The number of carbonyl (C=O) groups excluding carboxylic acids is 1. The van der Waals surface area contributed by atoms with Gasteiger partial charge in [0.05, 0.1) is 17.3 Å². The van der Waals surface area contributed by atoms with Gasteiger partial charge >= 0.3 is 0 Å². The van der Waals surface area contributed by atoms with Crippen molar-refractivity contribution >= 4 is 22.6 Å². The first-order chi connectivity index (χ1) is 15.0. The van der Waals surface area contributed by atoms with E-state index in [9.17, 15) is 4.79 Å². The summed E-state index contributed by atoms with van der Waals surface area (Å²) in [6.07, 6.45) is 4.37. The molecule has 6 rings (SSSR count). The van der Waals surface area contributed by atoms with Crippen molar-refractivity contribution in [3.8, 4) is 11.1 Å². The fourth-order valence-corrected chi connectivity index (χ4v) is 4.83. The number of rotatable bonds is 4. The smallest absolute Gasteiger partial charge is 0.256 e. The molecule has 2 aliphatic heterocycles. The van der Waals surface area contributed by atoms with Crippen LogP contribution in [0.5, 0.6) is 0 Å². The summed E-state index contributed by atoms with van der Waals surface area (Å²) < 4.78 is 17.2. The van der Waals surface area contributed by atoms with Gasteiger partial charge in [-0.1, -0.05) is 12.1 Å². The van der Waals surface area contributed by atoms with E-state index >= 15 is 4.39 Å². The number of halogens is 1. The monoisotopic (exact) mass is 417 g/mol. The number of hydrogen-bond donors (Lipinski definition) is 1. The maximum atomic E-state index is 15.3. The first-order valence-corrected chi connectivity index (χ1v) is 10.9. The van der Waals surface area contributed by atoms with Crippen molar-refractivity contribution in [1.29, 1.82) is 0 Å². The van der Waals surface area contributed by atoms with Crippen LogP contribution in [0.2, 0.25) is 0 Å². The van der Waals surface area contributed by atoms with Gasteiger partial charge in [0.2, 0.25) is 0 Å². The number of aromatic nitrogens is 2. The molecular weight excluding hydrogens is 393 g/mol. The topological polar surface area (TPSA) is 62.5 Å². The number of carbonyl (C=O) groups is 1. The third kappa shape index (κ3) is 2.98. The molecule has 1 N–H and O–H groups in total. The van der Waals surface area contributed by atoms with Crippen molar-refractivity contribution in [2.45, 2.75) is 24.8 Å². The minimum atomic E-state index is -0.627. The summed E-state index contributed by atoms with van der Waals surface area (Å²) in [6, 6.07) is 11.2. The van der Waals surface area contributed by atoms with Crippen molar-refractivity contribution in [2.24, 2.45) is 18.0 Å². The lowest BCUT2D eigenvalue weighted by molar-refractivity contribution is -0.128. The second-order valence-electron chi connectivity index (χ2n) is 8.98. The lowest BCUT2D eigenvalue weighted by Gasteiger charge is -2.23.